The van der Waals surface area contributed by atoms with Gasteiger partial charge in [-0.25, -0.2) is 9.78 Å². The van der Waals surface area contributed by atoms with Crippen molar-refractivity contribution in [2.24, 2.45) is 0 Å². The van der Waals surface area contributed by atoms with Gasteiger partial charge in [-0.15, -0.1) is 0 Å². The topological polar surface area (TPSA) is 83.6 Å². The summed E-state index contributed by atoms with van der Waals surface area (Å²) in [6, 6.07) is 11.8. The summed E-state index contributed by atoms with van der Waals surface area (Å²) >= 11 is 0. The number of fused-ring (bicyclic) bond motifs is 2. The highest BCUT2D eigenvalue weighted by atomic mass is 16.4. The van der Waals surface area contributed by atoms with Crippen molar-refractivity contribution in [2.45, 2.75) is 25.9 Å². The minimum atomic E-state index is -1.02. The number of carbonyl (C=O) groups excluding carboxylic acids is 1. The van der Waals surface area contributed by atoms with Crippen LogP contribution in [0, 0.1) is 6.92 Å². The average Bonchev–Trinajstić information content (AvgIpc) is 3.03. The molecule has 0 saturated carbocycles. The minimum absolute atomic E-state index is 0.110. The lowest BCUT2D eigenvalue weighted by molar-refractivity contribution is -0.142. The maximum Gasteiger partial charge on any atom is 0.326 e. The molecule has 0 spiro atoms. The van der Waals surface area contributed by atoms with Crippen molar-refractivity contribution in [3.8, 4) is 0 Å². The normalized spacial score (nSPS) is 16.7. The third-order valence-electron chi connectivity index (χ3n) is 4.52. The standard InChI is InChI=1S/C19H16N2O4/c1-11-6-7-16-14(20-11)9-17(25-16)18(22)21-10-13-5-3-2-4-12(13)8-15(21)19(23)24/h2-7,9,15H,8,10H2,1H3,(H,23,24). The largest absolute Gasteiger partial charge is 0.480 e. The van der Waals surface area contributed by atoms with Crippen molar-refractivity contribution in [3.63, 3.8) is 0 Å². The maximum absolute atomic E-state index is 12.9. The van der Waals surface area contributed by atoms with Gasteiger partial charge in [0.1, 0.15) is 11.6 Å². The molecule has 0 saturated heterocycles. The molecule has 3 aromatic rings. The Morgan fingerprint density at radius 3 is 2.72 bits per heavy atom. The fourth-order valence-electron chi connectivity index (χ4n) is 3.23. The number of hydrogen-bond donors (Lipinski definition) is 1. The second-order valence-electron chi connectivity index (χ2n) is 6.21. The zero-order valence-electron chi connectivity index (χ0n) is 13.6. The molecule has 1 atom stereocenters. The van der Waals surface area contributed by atoms with Gasteiger partial charge in [0.25, 0.3) is 5.91 Å². The molecule has 25 heavy (non-hydrogen) atoms. The third kappa shape index (κ3) is 2.65. The first-order chi connectivity index (χ1) is 12.0. The number of carbonyl (C=O) groups is 2. The van der Waals surface area contributed by atoms with E-state index in [4.69, 9.17) is 4.42 Å². The fraction of sp³-hybridized carbons (Fsp3) is 0.211. The number of nitrogens with zero attached hydrogens (tertiary/aromatic N) is 2. The number of hydrogen-bond acceptors (Lipinski definition) is 4. The first kappa shape index (κ1) is 15.4. The van der Waals surface area contributed by atoms with E-state index in [9.17, 15) is 14.7 Å². The SMILES string of the molecule is Cc1ccc2oc(C(=O)N3Cc4ccccc4CC3C(=O)O)cc2n1. The number of amides is 1. The van der Waals surface area contributed by atoms with E-state index in [0.29, 0.717) is 11.1 Å². The lowest BCUT2D eigenvalue weighted by atomic mass is 9.94. The van der Waals surface area contributed by atoms with Crippen LogP contribution in [-0.4, -0.2) is 32.9 Å². The van der Waals surface area contributed by atoms with Gasteiger partial charge in [-0.05, 0) is 30.2 Å². The van der Waals surface area contributed by atoms with Gasteiger partial charge >= 0.3 is 5.97 Å². The summed E-state index contributed by atoms with van der Waals surface area (Å²) in [4.78, 5) is 30.3. The van der Waals surface area contributed by atoms with E-state index in [2.05, 4.69) is 4.98 Å². The van der Waals surface area contributed by atoms with Crippen molar-refractivity contribution in [3.05, 3.63) is 65.0 Å². The van der Waals surface area contributed by atoms with Crippen LogP contribution in [0.5, 0.6) is 0 Å². The lowest BCUT2D eigenvalue weighted by Gasteiger charge is -2.33. The lowest BCUT2D eigenvalue weighted by Crippen LogP contribution is -2.48. The van der Waals surface area contributed by atoms with Crippen molar-refractivity contribution in [2.75, 3.05) is 0 Å². The molecule has 6 heteroatoms. The van der Waals surface area contributed by atoms with Crippen LogP contribution < -0.4 is 0 Å². The zero-order valence-corrected chi connectivity index (χ0v) is 13.6. The second kappa shape index (κ2) is 5.73. The number of benzene rings is 1. The van der Waals surface area contributed by atoms with Gasteiger partial charge in [0, 0.05) is 24.7 Å². The van der Waals surface area contributed by atoms with E-state index >= 15 is 0 Å². The van der Waals surface area contributed by atoms with Crippen molar-refractivity contribution < 1.29 is 19.1 Å². The summed E-state index contributed by atoms with van der Waals surface area (Å²) < 4.78 is 5.61. The number of rotatable bonds is 2. The van der Waals surface area contributed by atoms with Crippen LogP contribution in [0.25, 0.3) is 11.1 Å². The molecule has 0 aliphatic carbocycles. The zero-order chi connectivity index (χ0) is 17.6. The predicted octanol–water partition coefficient (Wildman–Crippen LogP) is 2.79. The number of furan rings is 1. The van der Waals surface area contributed by atoms with Gasteiger partial charge in [-0.3, -0.25) is 4.79 Å². The number of aromatic nitrogens is 1. The third-order valence-corrected chi connectivity index (χ3v) is 4.52. The van der Waals surface area contributed by atoms with Crippen LogP contribution in [-0.2, 0) is 17.8 Å². The quantitative estimate of drug-likeness (QED) is 0.778. The van der Waals surface area contributed by atoms with Gasteiger partial charge < -0.3 is 14.4 Å². The van der Waals surface area contributed by atoms with Crippen LogP contribution in [0.1, 0.15) is 27.4 Å². The molecule has 0 fully saturated rings. The van der Waals surface area contributed by atoms with E-state index in [1.165, 1.54) is 4.90 Å². The number of aliphatic carboxylic acids is 1. The van der Waals surface area contributed by atoms with Crippen LogP contribution in [0.3, 0.4) is 0 Å². The summed E-state index contributed by atoms with van der Waals surface area (Å²) in [5, 5.41) is 9.57. The van der Waals surface area contributed by atoms with Gasteiger partial charge in [0.05, 0.1) is 0 Å². The molecule has 126 valence electrons. The van der Waals surface area contributed by atoms with Gasteiger partial charge in [-0.1, -0.05) is 24.3 Å². The van der Waals surface area contributed by atoms with Crippen molar-refractivity contribution in [1.29, 1.82) is 0 Å². The first-order valence-corrected chi connectivity index (χ1v) is 8.00. The smallest absolute Gasteiger partial charge is 0.326 e. The van der Waals surface area contributed by atoms with Crippen molar-refractivity contribution >= 4 is 23.0 Å². The van der Waals surface area contributed by atoms with E-state index < -0.39 is 17.9 Å². The molecule has 2 aromatic heterocycles. The summed E-state index contributed by atoms with van der Waals surface area (Å²) in [6.45, 7) is 2.10. The molecule has 6 nitrogen and oxygen atoms in total. The second-order valence-corrected chi connectivity index (χ2v) is 6.21. The Bertz CT molecular complexity index is 992. The molecule has 1 unspecified atom stereocenters. The van der Waals surface area contributed by atoms with Gasteiger partial charge in [0.2, 0.25) is 0 Å². The predicted molar refractivity (Wildman–Crippen MR) is 90.2 cm³/mol. The number of carboxylic acids is 1. The summed E-state index contributed by atoms with van der Waals surface area (Å²) in [6.07, 6.45) is 0.287. The number of pyridine rings is 1. The van der Waals surface area contributed by atoms with Crippen LogP contribution in [0.2, 0.25) is 0 Å². The van der Waals surface area contributed by atoms with Gasteiger partial charge in [-0.2, -0.15) is 0 Å². The molecule has 1 N–H and O–H groups in total. The molecular formula is C19H16N2O4. The highest BCUT2D eigenvalue weighted by Gasteiger charge is 2.36. The molecule has 1 aromatic carbocycles. The van der Waals surface area contributed by atoms with Gasteiger partial charge in [0.15, 0.2) is 11.3 Å². The minimum Gasteiger partial charge on any atom is -0.480 e. The van der Waals surface area contributed by atoms with Crippen LogP contribution in [0.15, 0.2) is 46.9 Å². The fourth-order valence-corrected chi connectivity index (χ4v) is 3.23. The Kier molecular flexibility index (Phi) is 3.53. The Balaban J connectivity index is 1.72. The molecule has 0 radical (unpaired) electrons. The molecule has 3 heterocycles. The number of aryl methyl sites for hydroxylation is 1. The number of carboxylic acid groups (broad SMARTS) is 1. The highest BCUT2D eigenvalue weighted by molar-refractivity contribution is 5.97. The Hall–Kier alpha value is -3.15. The maximum atomic E-state index is 12.9. The highest BCUT2D eigenvalue weighted by Crippen LogP contribution is 2.27. The molecular weight excluding hydrogens is 320 g/mol. The summed E-state index contributed by atoms with van der Waals surface area (Å²) in [7, 11) is 0. The van der Waals surface area contributed by atoms with E-state index in [-0.39, 0.29) is 18.7 Å². The molecule has 4 rings (SSSR count). The Labute approximate surface area is 143 Å². The molecule has 1 amide bonds. The van der Waals surface area contributed by atoms with E-state index in [1.54, 1.807) is 18.2 Å². The Morgan fingerprint density at radius 1 is 1.20 bits per heavy atom. The van der Waals surface area contributed by atoms with E-state index in [0.717, 1.165) is 16.8 Å². The van der Waals surface area contributed by atoms with Crippen molar-refractivity contribution in [1.82, 2.24) is 9.88 Å². The van der Waals surface area contributed by atoms with Crippen LogP contribution in [0.4, 0.5) is 0 Å². The Morgan fingerprint density at radius 2 is 1.96 bits per heavy atom. The summed E-state index contributed by atoms with van der Waals surface area (Å²) in [5.74, 6) is -1.34. The monoisotopic (exact) mass is 336 g/mol. The summed E-state index contributed by atoms with van der Waals surface area (Å²) in [5.41, 5.74) is 3.84. The molecule has 0 bridgehead atoms. The average molecular weight is 336 g/mol. The molecule has 1 aliphatic heterocycles. The molecule has 1 aliphatic rings. The first-order valence-electron chi connectivity index (χ1n) is 8.00. The van der Waals surface area contributed by atoms with E-state index in [1.807, 2.05) is 31.2 Å². The van der Waals surface area contributed by atoms with Crippen LogP contribution >= 0.6 is 0 Å².